The van der Waals surface area contributed by atoms with Gasteiger partial charge in [-0.25, -0.2) is 0 Å². The molecule has 1 N–H and O–H groups in total. The zero-order valence-corrected chi connectivity index (χ0v) is 15.3. The van der Waals surface area contributed by atoms with Gasteiger partial charge in [0.25, 0.3) is 0 Å². The lowest BCUT2D eigenvalue weighted by molar-refractivity contribution is -0.274. The molecule has 0 atom stereocenters. The van der Waals surface area contributed by atoms with Gasteiger partial charge in [-0.05, 0) is 44.3 Å². The second-order valence-corrected chi connectivity index (χ2v) is 6.11. The Labute approximate surface area is 155 Å². The maximum atomic E-state index is 12.2. The topological polar surface area (TPSA) is 50.8 Å². The van der Waals surface area contributed by atoms with Gasteiger partial charge in [-0.3, -0.25) is 9.69 Å². The van der Waals surface area contributed by atoms with E-state index in [1.165, 1.54) is 12.1 Å². The first-order chi connectivity index (χ1) is 12.7. The van der Waals surface area contributed by atoms with Gasteiger partial charge >= 0.3 is 6.36 Å². The Bertz CT molecular complexity index is 777. The summed E-state index contributed by atoms with van der Waals surface area (Å²) >= 11 is 0. The number of methoxy groups -OCH3 is 1. The van der Waals surface area contributed by atoms with E-state index in [0.717, 1.165) is 29.0 Å². The van der Waals surface area contributed by atoms with Gasteiger partial charge in [0.15, 0.2) is 0 Å². The van der Waals surface area contributed by atoms with E-state index in [1.807, 2.05) is 30.0 Å². The number of halogens is 3. The zero-order valence-electron chi connectivity index (χ0n) is 15.3. The number of aryl methyl sites for hydroxylation is 1. The summed E-state index contributed by atoms with van der Waals surface area (Å²) in [7, 11) is 3.38. The van der Waals surface area contributed by atoms with Crippen molar-refractivity contribution in [3.63, 3.8) is 0 Å². The standard InChI is InChI=1S/C19H21F3N2O3/c1-13-4-9-17(26-3)14(10-13)11-24(2)12-18(25)23-15-5-7-16(8-6-15)27-19(20,21)22/h4-10H,11-12H2,1-3H3,(H,23,25). The molecule has 0 aliphatic heterocycles. The van der Waals surface area contributed by atoms with Crippen LogP contribution in [-0.4, -0.2) is 37.9 Å². The van der Waals surface area contributed by atoms with Gasteiger partial charge in [0.2, 0.25) is 5.91 Å². The molecule has 0 saturated carbocycles. The first-order valence-electron chi connectivity index (χ1n) is 8.14. The van der Waals surface area contributed by atoms with Crippen molar-refractivity contribution in [2.75, 3.05) is 26.0 Å². The highest BCUT2D eigenvalue weighted by Gasteiger charge is 2.30. The number of hydrogen-bond donors (Lipinski definition) is 1. The van der Waals surface area contributed by atoms with Crippen molar-refractivity contribution in [1.29, 1.82) is 0 Å². The van der Waals surface area contributed by atoms with E-state index < -0.39 is 6.36 Å². The Morgan fingerprint density at radius 3 is 2.41 bits per heavy atom. The monoisotopic (exact) mass is 382 g/mol. The third kappa shape index (κ3) is 6.82. The van der Waals surface area contributed by atoms with Gasteiger partial charge < -0.3 is 14.8 Å². The normalized spacial score (nSPS) is 11.4. The van der Waals surface area contributed by atoms with Crippen LogP contribution in [0.3, 0.4) is 0 Å². The molecule has 2 rings (SSSR count). The molecule has 0 aliphatic rings. The van der Waals surface area contributed by atoms with Gasteiger partial charge in [-0.1, -0.05) is 17.7 Å². The highest BCUT2D eigenvalue weighted by atomic mass is 19.4. The number of nitrogens with zero attached hydrogens (tertiary/aromatic N) is 1. The van der Waals surface area contributed by atoms with Crippen LogP contribution in [0.1, 0.15) is 11.1 Å². The van der Waals surface area contributed by atoms with Crippen LogP contribution in [0.2, 0.25) is 0 Å². The van der Waals surface area contributed by atoms with Crippen molar-refractivity contribution in [3.8, 4) is 11.5 Å². The number of benzene rings is 2. The lowest BCUT2D eigenvalue weighted by Gasteiger charge is -2.18. The summed E-state index contributed by atoms with van der Waals surface area (Å²) in [5, 5.41) is 2.64. The number of amides is 1. The second kappa shape index (κ2) is 8.77. The number of carbonyl (C=O) groups excluding carboxylic acids is 1. The van der Waals surface area contributed by atoms with E-state index in [1.54, 1.807) is 14.2 Å². The SMILES string of the molecule is COc1ccc(C)cc1CN(C)CC(=O)Nc1ccc(OC(F)(F)F)cc1. The average molecular weight is 382 g/mol. The van der Waals surface area contributed by atoms with Gasteiger partial charge in [0, 0.05) is 17.8 Å². The summed E-state index contributed by atoms with van der Waals surface area (Å²) in [5.41, 5.74) is 2.43. The van der Waals surface area contributed by atoms with Crippen LogP contribution >= 0.6 is 0 Å². The van der Waals surface area contributed by atoms with Crippen molar-refractivity contribution in [2.24, 2.45) is 0 Å². The summed E-state index contributed by atoms with van der Waals surface area (Å²) in [6.07, 6.45) is -4.75. The molecule has 146 valence electrons. The Kier molecular flexibility index (Phi) is 6.68. The Hall–Kier alpha value is -2.74. The van der Waals surface area contributed by atoms with Crippen LogP contribution in [0.4, 0.5) is 18.9 Å². The molecule has 0 saturated heterocycles. The van der Waals surface area contributed by atoms with E-state index in [0.29, 0.717) is 12.2 Å². The predicted molar refractivity (Wildman–Crippen MR) is 95.8 cm³/mol. The smallest absolute Gasteiger partial charge is 0.496 e. The van der Waals surface area contributed by atoms with Gasteiger partial charge in [0.05, 0.1) is 13.7 Å². The number of carbonyl (C=O) groups is 1. The molecule has 0 fully saturated rings. The van der Waals surface area contributed by atoms with Crippen LogP contribution in [0, 0.1) is 6.92 Å². The molecule has 8 heteroatoms. The second-order valence-electron chi connectivity index (χ2n) is 6.11. The van der Waals surface area contributed by atoms with Crippen LogP contribution in [0.5, 0.6) is 11.5 Å². The summed E-state index contributed by atoms with van der Waals surface area (Å²) in [4.78, 5) is 14.0. The maximum absolute atomic E-state index is 12.2. The minimum Gasteiger partial charge on any atom is -0.496 e. The Morgan fingerprint density at radius 1 is 1.15 bits per heavy atom. The Balaban J connectivity index is 1.90. The third-order valence-electron chi connectivity index (χ3n) is 3.66. The predicted octanol–water partition coefficient (Wildman–Crippen LogP) is 3.97. The number of anilines is 1. The molecule has 0 heterocycles. The summed E-state index contributed by atoms with van der Waals surface area (Å²) < 4.78 is 45.6. The van der Waals surface area contributed by atoms with Crippen LogP contribution in [0.25, 0.3) is 0 Å². The summed E-state index contributed by atoms with van der Waals surface area (Å²) in [6.45, 7) is 2.59. The van der Waals surface area contributed by atoms with Gasteiger partial charge in [-0.2, -0.15) is 0 Å². The minimum absolute atomic E-state index is 0.109. The lowest BCUT2D eigenvalue weighted by atomic mass is 10.1. The molecule has 1 amide bonds. The summed E-state index contributed by atoms with van der Waals surface area (Å²) in [5.74, 6) is 0.117. The third-order valence-corrected chi connectivity index (χ3v) is 3.66. The Morgan fingerprint density at radius 2 is 1.81 bits per heavy atom. The lowest BCUT2D eigenvalue weighted by Crippen LogP contribution is -2.30. The average Bonchev–Trinajstić information content (AvgIpc) is 2.55. The summed E-state index contributed by atoms with van der Waals surface area (Å²) in [6, 6.07) is 10.8. The molecule has 0 unspecified atom stereocenters. The van der Waals surface area contributed by atoms with E-state index >= 15 is 0 Å². The first kappa shape index (κ1) is 20.6. The molecule has 27 heavy (non-hydrogen) atoms. The largest absolute Gasteiger partial charge is 0.573 e. The van der Waals surface area contributed by atoms with Gasteiger partial charge in [0.1, 0.15) is 11.5 Å². The molecule has 5 nitrogen and oxygen atoms in total. The zero-order chi connectivity index (χ0) is 20.0. The van der Waals surface area contributed by atoms with Crippen molar-refractivity contribution < 1.29 is 27.4 Å². The number of rotatable bonds is 7. The van der Waals surface area contributed by atoms with Crippen molar-refractivity contribution in [1.82, 2.24) is 4.90 Å². The minimum atomic E-state index is -4.75. The number of likely N-dealkylation sites (N-methyl/N-ethyl adjacent to an activating group) is 1. The molecular formula is C19H21F3N2O3. The number of ether oxygens (including phenoxy) is 2. The molecule has 0 spiro atoms. The van der Waals surface area contributed by atoms with E-state index in [9.17, 15) is 18.0 Å². The fourth-order valence-corrected chi connectivity index (χ4v) is 2.56. The first-order valence-corrected chi connectivity index (χ1v) is 8.14. The number of nitrogens with one attached hydrogen (secondary N) is 1. The molecular weight excluding hydrogens is 361 g/mol. The van der Waals surface area contributed by atoms with Crippen LogP contribution < -0.4 is 14.8 Å². The van der Waals surface area contributed by atoms with Gasteiger partial charge in [-0.15, -0.1) is 13.2 Å². The number of alkyl halides is 3. The molecule has 0 aliphatic carbocycles. The van der Waals surface area contributed by atoms with Crippen molar-refractivity contribution >= 4 is 11.6 Å². The molecule has 2 aromatic carbocycles. The fraction of sp³-hybridized carbons (Fsp3) is 0.316. The molecule has 0 radical (unpaired) electrons. The van der Waals surface area contributed by atoms with E-state index in [2.05, 4.69) is 10.1 Å². The van der Waals surface area contributed by atoms with Crippen molar-refractivity contribution in [3.05, 3.63) is 53.6 Å². The van der Waals surface area contributed by atoms with Crippen molar-refractivity contribution in [2.45, 2.75) is 19.8 Å². The fourth-order valence-electron chi connectivity index (χ4n) is 2.56. The van der Waals surface area contributed by atoms with Crippen LogP contribution in [0.15, 0.2) is 42.5 Å². The quantitative estimate of drug-likeness (QED) is 0.787. The number of hydrogen-bond acceptors (Lipinski definition) is 4. The highest BCUT2D eigenvalue weighted by Crippen LogP contribution is 2.24. The molecule has 0 bridgehead atoms. The van der Waals surface area contributed by atoms with E-state index in [-0.39, 0.29) is 18.2 Å². The molecule has 2 aromatic rings. The van der Waals surface area contributed by atoms with E-state index in [4.69, 9.17) is 4.74 Å². The molecule has 0 aromatic heterocycles. The van der Waals surface area contributed by atoms with Crippen LogP contribution in [-0.2, 0) is 11.3 Å². The highest BCUT2D eigenvalue weighted by molar-refractivity contribution is 5.92. The maximum Gasteiger partial charge on any atom is 0.573 e.